The molecule has 0 spiro atoms. The molecule has 2 N–H and O–H groups in total. The molecule has 164 valence electrons. The zero-order valence-corrected chi connectivity index (χ0v) is 19.0. The monoisotopic (exact) mass is 466 g/mol. The van der Waals surface area contributed by atoms with Gasteiger partial charge < -0.3 is 15.2 Å². The molecule has 0 atom stereocenters. The zero-order chi connectivity index (χ0) is 21.5. The lowest BCUT2D eigenvalue weighted by molar-refractivity contribution is 0.268. The highest BCUT2D eigenvalue weighted by Gasteiger charge is 2.13. The van der Waals surface area contributed by atoms with Crippen molar-refractivity contribution in [2.75, 3.05) is 0 Å². The number of aromatic nitrogens is 1. The summed E-state index contributed by atoms with van der Waals surface area (Å²) >= 11 is 6.39. The summed E-state index contributed by atoms with van der Waals surface area (Å²) in [5.74, 6) is 0.992. The van der Waals surface area contributed by atoms with E-state index in [4.69, 9.17) is 26.8 Å². The molecule has 4 nitrogen and oxygen atoms in total. The van der Waals surface area contributed by atoms with Crippen molar-refractivity contribution in [3.8, 4) is 22.9 Å². The Balaban J connectivity index is 0.00000289. The summed E-state index contributed by atoms with van der Waals surface area (Å²) in [6.07, 6.45) is 0. The molecule has 0 unspecified atom stereocenters. The van der Waals surface area contributed by atoms with Crippen LogP contribution in [0.1, 0.15) is 16.7 Å². The van der Waals surface area contributed by atoms with Crippen molar-refractivity contribution in [2.45, 2.75) is 19.8 Å². The van der Waals surface area contributed by atoms with Gasteiger partial charge in [-0.1, -0.05) is 84.4 Å². The van der Waals surface area contributed by atoms with Gasteiger partial charge in [-0.3, -0.25) is 0 Å². The second kappa shape index (κ2) is 11.5. The van der Waals surface area contributed by atoms with E-state index in [1.54, 1.807) is 0 Å². The molecule has 6 heteroatoms. The minimum Gasteiger partial charge on any atom is -0.473 e. The van der Waals surface area contributed by atoms with Crippen molar-refractivity contribution in [2.24, 2.45) is 5.73 Å². The van der Waals surface area contributed by atoms with Crippen LogP contribution in [0.15, 0.2) is 91.0 Å². The number of nitrogens with two attached hydrogens (primary N) is 1. The van der Waals surface area contributed by atoms with Crippen LogP contribution in [0, 0.1) is 0 Å². The molecule has 4 rings (SSSR count). The quantitative estimate of drug-likeness (QED) is 0.324. The average Bonchev–Trinajstić information content (AvgIpc) is 2.83. The fraction of sp³-hybridized carbons (Fsp3) is 0.115. The van der Waals surface area contributed by atoms with E-state index < -0.39 is 0 Å². The van der Waals surface area contributed by atoms with Gasteiger partial charge in [-0.25, -0.2) is 0 Å². The minimum atomic E-state index is 0. The van der Waals surface area contributed by atoms with Gasteiger partial charge >= 0.3 is 0 Å². The highest BCUT2D eigenvalue weighted by molar-refractivity contribution is 6.31. The molecule has 0 aliphatic heterocycles. The third-order valence-electron chi connectivity index (χ3n) is 4.87. The Morgan fingerprint density at radius 3 is 1.97 bits per heavy atom. The number of hydrogen-bond donors (Lipinski definition) is 1. The van der Waals surface area contributed by atoms with Gasteiger partial charge in [0, 0.05) is 23.2 Å². The molecular weight excluding hydrogens is 443 g/mol. The summed E-state index contributed by atoms with van der Waals surface area (Å²) in [4.78, 5) is 4.64. The first-order valence-corrected chi connectivity index (χ1v) is 10.4. The Hall–Kier alpha value is -3.05. The number of pyridine rings is 1. The van der Waals surface area contributed by atoms with Crippen molar-refractivity contribution in [1.29, 1.82) is 0 Å². The van der Waals surface area contributed by atoms with Crippen molar-refractivity contribution < 1.29 is 9.47 Å². The largest absolute Gasteiger partial charge is 0.473 e. The van der Waals surface area contributed by atoms with E-state index in [1.807, 2.05) is 91.0 Å². The van der Waals surface area contributed by atoms with Crippen molar-refractivity contribution in [3.05, 3.63) is 113 Å². The van der Waals surface area contributed by atoms with Gasteiger partial charge in [0.2, 0.25) is 11.8 Å². The maximum absolute atomic E-state index is 6.39. The molecule has 0 radical (unpaired) electrons. The first-order chi connectivity index (χ1) is 15.2. The molecule has 0 saturated heterocycles. The summed E-state index contributed by atoms with van der Waals surface area (Å²) in [5, 5.41) is 0.624. The lowest BCUT2D eigenvalue weighted by Gasteiger charge is -2.14. The van der Waals surface area contributed by atoms with Crippen molar-refractivity contribution >= 4 is 24.0 Å². The maximum atomic E-state index is 6.39. The predicted molar refractivity (Wildman–Crippen MR) is 131 cm³/mol. The third-order valence-corrected chi connectivity index (χ3v) is 5.22. The summed E-state index contributed by atoms with van der Waals surface area (Å²) < 4.78 is 12.0. The summed E-state index contributed by atoms with van der Waals surface area (Å²) in [6, 6.07) is 29.5. The van der Waals surface area contributed by atoms with Gasteiger partial charge in [-0.2, -0.15) is 4.98 Å². The zero-order valence-electron chi connectivity index (χ0n) is 17.4. The van der Waals surface area contributed by atoms with E-state index >= 15 is 0 Å². The standard InChI is InChI=1S/C26H23ClN2O2.ClH/c27-24-15-21(11-12-22(24)16-28)23-13-14-25(30-17-19-7-3-1-4-8-19)29-26(23)31-18-20-9-5-2-6-10-20;/h1-15H,16-18,28H2;1H. The molecule has 0 saturated carbocycles. The SMILES string of the molecule is Cl.NCc1ccc(-c2ccc(OCc3ccccc3)nc2OCc2ccccc2)cc1Cl. The fourth-order valence-corrected chi connectivity index (χ4v) is 3.43. The van der Waals surface area contributed by atoms with Crippen molar-refractivity contribution in [1.82, 2.24) is 4.98 Å². The van der Waals surface area contributed by atoms with Gasteiger partial charge in [0.1, 0.15) is 13.2 Å². The molecule has 4 aromatic rings. The maximum Gasteiger partial charge on any atom is 0.225 e. The van der Waals surface area contributed by atoms with Crippen LogP contribution in [-0.2, 0) is 19.8 Å². The molecule has 1 aromatic heterocycles. The second-order valence-corrected chi connectivity index (χ2v) is 7.47. The Kier molecular flexibility index (Phi) is 8.51. The Morgan fingerprint density at radius 1 is 0.750 bits per heavy atom. The summed E-state index contributed by atoms with van der Waals surface area (Å²) in [6.45, 7) is 1.22. The van der Waals surface area contributed by atoms with Crippen LogP contribution in [0.3, 0.4) is 0 Å². The molecule has 1 heterocycles. The van der Waals surface area contributed by atoms with Crippen LogP contribution in [0.25, 0.3) is 11.1 Å². The minimum absolute atomic E-state index is 0. The number of nitrogens with zero attached hydrogens (tertiary/aromatic N) is 1. The lowest BCUT2D eigenvalue weighted by atomic mass is 10.0. The smallest absolute Gasteiger partial charge is 0.225 e. The van der Waals surface area contributed by atoms with Gasteiger partial charge in [0.05, 0.1) is 0 Å². The molecule has 0 amide bonds. The lowest BCUT2D eigenvalue weighted by Crippen LogP contribution is -2.03. The Morgan fingerprint density at radius 2 is 1.38 bits per heavy atom. The van der Waals surface area contributed by atoms with Crippen LogP contribution in [-0.4, -0.2) is 4.98 Å². The van der Waals surface area contributed by atoms with Crippen LogP contribution >= 0.6 is 24.0 Å². The van der Waals surface area contributed by atoms with E-state index in [0.29, 0.717) is 36.5 Å². The van der Waals surface area contributed by atoms with Crippen molar-refractivity contribution in [3.63, 3.8) is 0 Å². The highest BCUT2D eigenvalue weighted by atomic mass is 35.5. The molecule has 0 bridgehead atoms. The number of halogens is 2. The van der Waals surface area contributed by atoms with Crippen LogP contribution in [0.5, 0.6) is 11.8 Å². The molecule has 0 aliphatic carbocycles. The van der Waals surface area contributed by atoms with E-state index in [0.717, 1.165) is 27.8 Å². The third kappa shape index (κ3) is 6.01. The van der Waals surface area contributed by atoms with Gasteiger partial charge in [-0.05, 0) is 34.4 Å². The first kappa shape index (κ1) is 23.6. The average molecular weight is 467 g/mol. The second-order valence-electron chi connectivity index (χ2n) is 7.06. The molecule has 0 aliphatic rings. The van der Waals surface area contributed by atoms with E-state index in [2.05, 4.69) is 4.98 Å². The van der Waals surface area contributed by atoms with Crippen LogP contribution in [0.2, 0.25) is 5.02 Å². The topological polar surface area (TPSA) is 57.4 Å². The number of rotatable bonds is 8. The number of hydrogen-bond acceptors (Lipinski definition) is 4. The van der Waals surface area contributed by atoms with Gasteiger partial charge in [-0.15, -0.1) is 12.4 Å². The van der Waals surface area contributed by atoms with Crippen LogP contribution < -0.4 is 15.2 Å². The van der Waals surface area contributed by atoms with E-state index in [9.17, 15) is 0 Å². The number of benzene rings is 3. The Bertz CT molecular complexity index is 1140. The molecule has 32 heavy (non-hydrogen) atoms. The van der Waals surface area contributed by atoms with E-state index in [1.165, 1.54) is 0 Å². The Labute approximate surface area is 199 Å². The summed E-state index contributed by atoms with van der Waals surface area (Å²) in [7, 11) is 0. The highest BCUT2D eigenvalue weighted by Crippen LogP contribution is 2.33. The van der Waals surface area contributed by atoms with Gasteiger partial charge in [0.25, 0.3) is 0 Å². The number of ether oxygens (including phenoxy) is 2. The fourth-order valence-electron chi connectivity index (χ4n) is 3.17. The predicted octanol–water partition coefficient (Wildman–Crippen LogP) is 6.44. The molecule has 0 fully saturated rings. The summed E-state index contributed by atoms with van der Waals surface area (Å²) in [5.41, 5.74) is 10.5. The normalized spacial score (nSPS) is 10.3. The van der Waals surface area contributed by atoms with Gasteiger partial charge in [0.15, 0.2) is 0 Å². The van der Waals surface area contributed by atoms with Crippen LogP contribution in [0.4, 0.5) is 0 Å². The first-order valence-electron chi connectivity index (χ1n) is 10.1. The molecular formula is C26H24Cl2N2O2. The van der Waals surface area contributed by atoms with E-state index in [-0.39, 0.29) is 12.4 Å². The molecule has 3 aromatic carbocycles.